The zero-order valence-corrected chi connectivity index (χ0v) is 10.7. The van der Waals surface area contributed by atoms with Crippen LogP contribution in [0.3, 0.4) is 0 Å². The van der Waals surface area contributed by atoms with Gasteiger partial charge >= 0.3 is 6.18 Å². The summed E-state index contributed by atoms with van der Waals surface area (Å²) >= 11 is 0. The number of aromatic nitrogens is 2. The van der Waals surface area contributed by atoms with E-state index in [0.29, 0.717) is 6.54 Å². The maximum Gasteiger partial charge on any atom is 0.416 e. The van der Waals surface area contributed by atoms with Gasteiger partial charge in [0.15, 0.2) is 0 Å². The minimum Gasteiger partial charge on any atom is -0.377 e. The third kappa shape index (κ3) is 3.09. The van der Waals surface area contributed by atoms with Crippen molar-refractivity contribution in [3.05, 3.63) is 47.8 Å². The van der Waals surface area contributed by atoms with Crippen LogP contribution in [0.25, 0.3) is 0 Å². The molecule has 20 heavy (non-hydrogen) atoms. The Bertz CT molecular complexity index is 590. The summed E-state index contributed by atoms with van der Waals surface area (Å²) < 4.78 is 53.0. The molecule has 0 amide bonds. The maximum absolute atomic E-state index is 13.5. The molecule has 3 nitrogen and oxygen atoms in total. The summed E-state index contributed by atoms with van der Waals surface area (Å²) in [5.74, 6) is -0.722. The normalized spacial score (nSPS) is 11.7. The molecule has 0 unspecified atom stereocenters. The summed E-state index contributed by atoms with van der Waals surface area (Å²) in [5.41, 5.74) is -0.293. The number of halogens is 4. The molecule has 1 heterocycles. The van der Waals surface area contributed by atoms with E-state index in [2.05, 4.69) is 10.3 Å². The lowest BCUT2D eigenvalue weighted by Gasteiger charge is -2.12. The molecule has 0 aliphatic carbocycles. The molecular weight excluding hydrogens is 274 g/mol. The van der Waals surface area contributed by atoms with E-state index in [1.54, 1.807) is 12.5 Å². The van der Waals surface area contributed by atoms with Crippen LogP contribution >= 0.6 is 0 Å². The predicted octanol–water partition coefficient (Wildman–Crippen LogP) is 3.67. The molecule has 108 valence electrons. The Hall–Kier alpha value is -2.05. The summed E-state index contributed by atoms with van der Waals surface area (Å²) in [6, 6.07) is 2.29. The van der Waals surface area contributed by atoms with Gasteiger partial charge in [-0.15, -0.1) is 0 Å². The topological polar surface area (TPSA) is 29.9 Å². The standard InChI is InChI=1S/C13H13F4N3/c1-2-20-8-18-6-10(20)7-19-12-5-9(13(15,16)17)3-4-11(12)14/h3-6,8,19H,2,7H2,1H3. The third-order valence-corrected chi connectivity index (χ3v) is 2.89. The lowest BCUT2D eigenvalue weighted by molar-refractivity contribution is -0.137. The molecule has 0 saturated carbocycles. The molecule has 0 bridgehead atoms. The number of nitrogens with one attached hydrogen (secondary N) is 1. The van der Waals surface area contributed by atoms with E-state index in [-0.39, 0.29) is 12.2 Å². The molecule has 1 N–H and O–H groups in total. The van der Waals surface area contributed by atoms with Gasteiger partial charge in [0, 0.05) is 12.7 Å². The highest BCUT2D eigenvalue weighted by Crippen LogP contribution is 2.31. The van der Waals surface area contributed by atoms with Gasteiger partial charge < -0.3 is 9.88 Å². The van der Waals surface area contributed by atoms with E-state index in [4.69, 9.17) is 0 Å². The van der Waals surface area contributed by atoms with Crippen LogP contribution in [0.4, 0.5) is 23.2 Å². The van der Waals surface area contributed by atoms with Gasteiger partial charge in [-0.3, -0.25) is 0 Å². The first kappa shape index (κ1) is 14.4. The van der Waals surface area contributed by atoms with Crippen molar-refractivity contribution in [3.63, 3.8) is 0 Å². The minimum absolute atomic E-state index is 0.177. The molecule has 0 atom stereocenters. The van der Waals surface area contributed by atoms with E-state index < -0.39 is 17.6 Å². The van der Waals surface area contributed by atoms with Gasteiger partial charge in [-0.05, 0) is 25.1 Å². The highest BCUT2D eigenvalue weighted by Gasteiger charge is 2.31. The third-order valence-electron chi connectivity index (χ3n) is 2.89. The number of aryl methyl sites for hydroxylation is 1. The van der Waals surface area contributed by atoms with E-state index in [9.17, 15) is 17.6 Å². The van der Waals surface area contributed by atoms with Gasteiger partial charge in [0.25, 0.3) is 0 Å². The fourth-order valence-electron chi connectivity index (χ4n) is 1.80. The number of nitrogens with zero attached hydrogens (tertiary/aromatic N) is 2. The fraction of sp³-hybridized carbons (Fsp3) is 0.308. The largest absolute Gasteiger partial charge is 0.416 e. The molecular formula is C13H13F4N3. The van der Waals surface area contributed by atoms with Crippen LogP contribution in [-0.2, 0) is 19.3 Å². The van der Waals surface area contributed by atoms with Crippen molar-refractivity contribution >= 4 is 5.69 Å². The number of hydrogen-bond acceptors (Lipinski definition) is 2. The summed E-state index contributed by atoms with van der Waals surface area (Å²) in [4.78, 5) is 3.93. The average molecular weight is 287 g/mol. The van der Waals surface area contributed by atoms with Crippen LogP contribution < -0.4 is 5.32 Å². The second-order valence-electron chi connectivity index (χ2n) is 4.22. The molecule has 0 spiro atoms. The van der Waals surface area contributed by atoms with Gasteiger partial charge in [-0.2, -0.15) is 13.2 Å². The fourth-order valence-corrected chi connectivity index (χ4v) is 1.80. The lowest BCUT2D eigenvalue weighted by atomic mass is 10.2. The van der Waals surface area contributed by atoms with Gasteiger partial charge in [0.1, 0.15) is 5.82 Å². The number of imidazole rings is 1. The zero-order valence-electron chi connectivity index (χ0n) is 10.7. The van der Waals surface area contributed by atoms with Gasteiger partial charge in [-0.25, -0.2) is 9.37 Å². The summed E-state index contributed by atoms with van der Waals surface area (Å²) in [7, 11) is 0. The Kier molecular flexibility index (Phi) is 3.96. The number of rotatable bonds is 4. The van der Waals surface area contributed by atoms with Gasteiger partial charge in [0.05, 0.1) is 29.8 Å². The summed E-state index contributed by atoms with van der Waals surface area (Å²) in [6.45, 7) is 2.80. The van der Waals surface area contributed by atoms with E-state index in [1.165, 1.54) is 0 Å². The molecule has 1 aromatic heterocycles. The molecule has 2 rings (SSSR count). The Balaban J connectivity index is 2.17. The van der Waals surface area contributed by atoms with Crippen LogP contribution in [0, 0.1) is 5.82 Å². The molecule has 0 aliphatic heterocycles. The van der Waals surface area contributed by atoms with Crippen LogP contribution in [0.2, 0.25) is 0 Å². The maximum atomic E-state index is 13.5. The molecule has 0 saturated heterocycles. The van der Waals surface area contributed by atoms with Crippen molar-refractivity contribution in [2.24, 2.45) is 0 Å². The van der Waals surface area contributed by atoms with Crippen molar-refractivity contribution in [2.75, 3.05) is 5.32 Å². The molecule has 7 heteroatoms. The van der Waals surface area contributed by atoms with Crippen LogP contribution in [0.15, 0.2) is 30.7 Å². The smallest absolute Gasteiger partial charge is 0.377 e. The van der Waals surface area contributed by atoms with E-state index >= 15 is 0 Å². The molecule has 0 aliphatic rings. The number of benzene rings is 1. The predicted molar refractivity (Wildman–Crippen MR) is 66.6 cm³/mol. The molecule has 2 aromatic rings. The number of alkyl halides is 3. The molecule has 0 fully saturated rings. The zero-order chi connectivity index (χ0) is 14.8. The monoisotopic (exact) mass is 287 g/mol. The van der Waals surface area contributed by atoms with E-state index in [0.717, 1.165) is 23.9 Å². The summed E-state index contributed by atoms with van der Waals surface area (Å²) in [6.07, 6.45) is -1.29. The second-order valence-corrected chi connectivity index (χ2v) is 4.22. The first-order chi connectivity index (χ1) is 9.41. The second kappa shape index (κ2) is 5.52. The Morgan fingerprint density at radius 3 is 2.70 bits per heavy atom. The van der Waals surface area contributed by atoms with Crippen molar-refractivity contribution in [1.29, 1.82) is 0 Å². The minimum atomic E-state index is -4.49. The van der Waals surface area contributed by atoms with Crippen LogP contribution in [0.5, 0.6) is 0 Å². The molecule has 1 aromatic carbocycles. The Morgan fingerprint density at radius 2 is 2.05 bits per heavy atom. The first-order valence-corrected chi connectivity index (χ1v) is 6.01. The Morgan fingerprint density at radius 1 is 1.30 bits per heavy atom. The number of hydrogen-bond donors (Lipinski definition) is 1. The molecule has 0 radical (unpaired) electrons. The Labute approximate surface area is 113 Å². The summed E-state index contributed by atoms with van der Waals surface area (Å²) in [5, 5.41) is 2.67. The van der Waals surface area contributed by atoms with Crippen molar-refractivity contribution in [1.82, 2.24) is 9.55 Å². The van der Waals surface area contributed by atoms with Crippen molar-refractivity contribution in [3.8, 4) is 0 Å². The lowest BCUT2D eigenvalue weighted by Crippen LogP contribution is -2.09. The SMILES string of the molecule is CCn1cncc1CNc1cc(C(F)(F)F)ccc1F. The van der Waals surface area contributed by atoms with E-state index in [1.807, 2.05) is 11.5 Å². The highest BCUT2D eigenvalue weighted by atomic mass is 19.4. The van der Waals surface area contributed by atoms with Crippen molar-refractivity contribution in [2.45, 2.75) is 26.2 Å². The van der Waals surface area contributed by atoms with Crippen LogP contribution in [-0.4, -0.2) is 9.55 Å². The highest BCUT2D eigenvalue weighted by molar-refractivity contribution is 5.48. The first-order valence-electron chi connectivity index (χ1n) is 6.01. The quantitative estimate of drug-likeness (QED) is 0.869. The van der Waals surface area contributed by atoms with Crippen LogP contribution in [0.1, 0.15) is 18.2 Å². The number of anilines is 1. The average Bonchev–Trinajstić information content (AvgIpc) is 2.83. The van der Waals surface area contributed by atoms with Crippen molar-refractivity contribution < 1.29 is 17.6 Å². The van der Waals surface area contributed by atoms with Gasteiger partial charge in [0.2, 0.25) is 0 Å². The van der Waals surface area contributed by atoms with Gasteiger partial charge in [-0.1, -0.05) is 0 Å².